The molecule has 0 aliphatic heterocycles. The number of rotatable bonds is 8. The minimum atomic E-state index is -0.481. The van der Waals surface area contributed by atoms with Crippen LogP contribution in [0.2, 0.25) is 0 Å². The van der Waals surface area contributed by atoms with Crippen molar-refractivity contribution in [1.29, 1.82) is 0 Å². The Labute approximate surface area is 110 Å². The highest BCUT2D eigenvalue weighted by Gasteiger charge is 2.18. The van der Waals surface area contributed by atoms with Crippen LogP contribution in [0.4, 0.5) is 0 Å². The molecule has 0 bridgehead atoms. The standard InChI is InChI=1S/C14H26N2O2/c1-5-12(6-2)16-9-8-11(15-16)10-13(17)14(7-3)18-4/h8-9,12-14,17H,5-7,10H2,1-4H3. The minimum absolute atomic E-state index is 0.108. The maximum Gasteiger partial charge on any atom is 0.0857 e. The summed E-state index contributed by atoms with van der Waals surface area (Å²) in [4.78, 5) is 0. The third-order valence-electron chi connectivity index (χ3n) is 3.53. The van der Waals surface area contributed by atoms with Crippen LogP contribution in [0, 0.1) is 0 Å². The predicted molar refractivity (Wildman–Crippen MR) is 72.6 cm³/mol. The Morgan fingerprint density at radius 3 is 2.44 bits per heavy atom. The van der Waals surface area contributed by atoms with Crippen molar-refractivity contribution in [3.8, 4) is 0 Å². The second-order valence-corrected chi connectivity index (χ2v) is 4.71. The molecule has 104 valence electrons. The van der Waals surface area contributed by atoms with Crippen molar-refractivity contribution in [1.82, 2.24) is 9.78 Å². The number of aliphatic hydroxyl groups is 1. The fourth-order valence-electron chi connectivity index (χ4n) is 2.29. The SMILES string of the molecule is CCC(OC)C(O)Cc1ccn(C(CC)CC)n1. The van der Waals surface area contributed by atoms with E-state index in [0.717, 1.165) is 25.0 Å². The molecule has 0 aliphatic carbocycles. The number of hydrogen-bond acceptors (Lipinski definition) is 3. The number of methoxy groups -OCH3 is 1. The molecule has 2 unspecified atom stereocenters. The Kier molecular flexibility index (Phi) is 6.36. The van der Waals surface area contributed by atoms with E-state index in [0.29, 0.717) is 12.5 Å². The molecule has 1 rings (SSSR count). The van der Waals surface area contributed by atoms with Crippen molar-refractivity contribution in [2.24, 2.45) is 0 Å². The maximum atomic E-state index is 10.1. The van der Waals surface area contributed by atoms with E-state index >= 15 is 0 Å². The second-order valence-electron chi connectivity index (χ2n) is 4.71. The zero-order valence-corrected chi connectivity index (χ0v) is 12.0. The highest BCUT2D eigenvalue weighted by atomic mass is 16.5. The fraction of sp³-hybridized carbons (Fsp3) is 0.786. The molecular weight excluding hydrogens is 228 g/mol. The van der Waals surface area contributed by atoms with Crippen LogP contribution in [0.25, 0.3) is 0 Å². The Morgan fingerprint density at radius 2 is 1.94 bits per heavy atom. The van der Waals surface area contributed by atoms with Crippen molar-refractivity contribution in [3.05, 3.63) is 18.0 Å². The van der Waals surface area contributed by atoms with Crippen molar-refractivity contribution >= 4 is 0 Å². The van der Waals surface area contributed by atoms with Crippen LogP contribution in [-0.2, 0) is 11.2 Å². The van der Waals surface area contributed by atoms with Crippen LogP contribution < -0.4 is 0 Å². The molecule has 0 saturated heterocycles. The van der Waals surface area contributed by atoms with Crippen LogP contribution in [0.1, 0.15) is 51.8 Å². The molecule has 0 radical (unpaired) electrons. The van der Waals surface area contributed by atoms with Gasteiger partial charge in [0.05, 0.1) is 23.9 Å². The third kappa shape index (κ3) is 3.82. The quantitative estimate of drug-likeness (QED) is 0.775. The molecule has 0 amide bonds. The predicted octanol–water partition coefficient (Wildman–Crippen LogP) is 2.57. The summed E-state index contributed by atoms with van der Waals surface area (Å²) in [5, 5.41) is 14.6. The second kappa shape index (κ2) is 7.54. The number of hydrogen-bond donors (Lipinski definition) is 1. The van der Waals surface area contributed by atoms with Gasteiger partial charge in [-0.05, 0) is 25.3 Å². The number of aromatic nitrogens is 2. The summed E-state index contributed by atoms with van der Waals surface area (Å²) in [7, 11) is 1.64. The van der Waals surface area contributed by atoms with E-state index in [1.807, 2.05) is 23.9 Å². The lowest BCUT2D eigenvalue weighted by atomic mass is 10.1. The van der Waals surface area contributed by atoms with Crippen LogP contribution in [0.5, 0.6) is 0 Å². The molecule has 0 fully saturated rings. The fourth-order valence-corrected chi connectivity index (χ4v) is 2.29. The average Bonchev–Trinajstić information content (AvgIpc) is 2.81. The number of aliphatic hydroxyl groups excluding tert-OH is 1. The molecule has 0 aromatic carbocycles. The highest BCUT2D eigenvalue weighted by molar-refractivity contribution is 5.02. The van der Waals surface area contributed by atoms with Crippen molar-refractivity contribution in [3.63, 3.8) is 0 Å². The molecule has 1 heterocycles. The first-order valence-corrected chi connectivity index (χ1v) is 6.91. The summed E-state index contributed by atoms with van der Waals surface area (Å²) in [5.41, 5.74) is 0.935. The lowest BCUT2D eigenvalue weighted by molar-refractivity contribution is -0.0133. The Morgan fingerprint density at radius 1 is 1.28 bits per heavy atom. The molecule has 1 N–H and O–H groups in total. The van der Waals surface area contributed by atoms with Gasteiger partial charge in [0, 0.05) is 19.7 Å². The first-order valence-electron chi connectivity index (χ1n) is 6.91. The average molecular weight is 254 g/mol. The van der Waals surface area contributed by atoms with Gasteiger partial charge in [0.25, 0.3) is 0 Å². The van der Waals surface area contributed by atoms with Gasteiger partial charge < -0.3 is 9.84 Å². The zero-order chi connectivity index (χ0) is 13.5. The van der Waals surface area contributed by atoms with E-state index in [9.17, 15) is 5.11 Å². The summed E-state index contributed by atoms with van der Waals surface area (Å²) in [6.45, 7) is 6.35. The smallest absolute Gasteiger partial charge is 0.0857 e. The van der Waals surface area contributed by atoms with E-state index in [2.05, 4.69) is 18.9 Å². The zero-order valence-electron chi connectivity index (χ0n) is 12.0. The molecule has 0 saturated carbocycles. The van der Waals surface area contributed by atoms with E-state index < -0.39 is 6.10 Å². The van der Waals surface area contributed by atoms with E-state index in [4.69, 9.17) is 4.74 Å². The molecule has 1 aromatic rings. The number of ether oxygens (including phenoxy) is 1. The topological polar surface area (TPSA) is 47.3 Å². The summed E-state index contributed by atoms with van der Waals surface area (Å²) in [6.07, 6.45) is 4.94. The van der Waals surface area contributed by atoms with Gasteiger partial charge in [-0.3, -0.25) is 4.68 Å². The Hall–Kier alpha value is -0.870. The van der Waals surface area contributed by atoms with Gasteiger partial charge in [-0.1, -0.05) is 20.8 Å². The summed E-state index contributed by atoms with van der Waals surface area (Å²) in [6, 6.07) is 2.45. The maximum absolute atomic E-state index is 10.1. The van der Waals surface area contributed by atoms with E-state index in [-0.39, 0.29) is 6.10 Å². The van der Waals surface area contributed by atoms with E-state index in [1.54, 1.807) is 7.11 Å². The van der Waals surface area contributed by atoms with Crippen molar-refractivity contribution in [2.75, 3.05) is 7.11 Å². The van der Waals surface area contributed by atoms with Crippen LogP contribution in [0.15, 0.2) is 12.3 Å². The minimum Gasteiger partial charge on any atom is -0.390 e. The molecule has 1 aromatic heterocycles. The largest absolute Gasteiger partial charge is 0.390 e. The van der Waals surface area contributed by atoms with Gasteiger partial charge in [-0.2, -0.15) is 5.10 Å². The van der Waals surface area contributed by atoms with Crippen LogP contribution >= 0.6 is 0 Å². The number of nitrogens with zero attached hydrogens (tertiary/aromatic N) is 2. The van der Waals surface area contributed by atoms with Crippen molar-refractivity contribution < 1.29 is 9.84 Å². The van der Waals surface area contributed by atoms with E-state index in [1.165, 1.54) is 0 Å². The van der Waals surface area contributed by atoms with Gasteiger partial charge in [0.15, 0.2) is 0 Å². The monoisotopic (exact) mass is 254 g/mol. The molecule has 18 heavy (non-hydrogen) atoms. The summed E-state index contributed by atoms with van der Waals surface area (Å²) < 4.78 is 7.26. The van der Waals surface area contributed by atoms with Gasteiger partial charge >= 0.3 is 0 Å². The lowest BCUT2D eigenvalue weighted by Gasteiger charge is -2.19. The molecular formula is C14H26N2O2. The van der Waals surface area contributed by atoms with Crippen molar-refractivity contribution in [2.45, 2.75) is 64.7 Å². The Bertz CT molecular complexity index is 330. The van der Waals surface area contributed by atoms with Gasteiger partial charge in [0.2, 0.25) is 0 Å². The molecule has 2 atom stereocenters. The molecule has 0 spiro atoms. The normalized spacial score (nSPS) is 15.0. The first-order chi connectivity index (χ1) is 8.65. The molecule has 4 nitrogen and oxygen atoms in total. The van der Waals surface area contributed by atoms with Gasteiger partial charge in [-0.15, -0.1) is 0 Å². The van der Waals surface area contributed by atoms with Crippen LogP contribution in [0.3, 0.4) is 0 Å². The first kappa shape index (κ1) is 15.2. The molecule has 4 heteroatoms. The van der Waals surface area contributed by atoms with Gasteiger partial charge in [0.1, 0.15) is 0 Å². The highest BCUT2D eigenvalue weighted by Crippen LogP contribution is 2.16. The lowest BCUT2D eigenvalue weighted by Crippen LogP contribution is -2.29. The van der Waals surface area contributed by atoms with Gasteiger partial charge in [-0.25, -0.2) is 0 Å². The van der Waals surface area contributed by atoms with Crippen LogP contribution in [-0.4, -0.2) is 34.2 Å². The molecule has 0 aliphatic rings. The third-order valence-corrected chi connectivity index (χ3v) is 3.53. The summed E-state index contributed by atoms with van der Waals surface area (Å²) in [5.74, 6) is 0. The Balaban J connectivity index is 2.63. The summed E-state index contributed by atoms with van der Waals surface area (Å²) >= 11 is 0.